The topological polar surface area (TPSA) is 73.4 Å². The summed E-state index contributed by atoms with van der Waals surface area (Å²) in [6.07, 6.45) is 4.86. The van der Waals surface area contributed by atoms with Crippen LogP contribution >= 0.6 is 12.4 Å². The Bertz CT molecular complexity index is 733. The normalized spacial score (nSPS) is 16.9. The quantitative estimate of drug-likeness (QED) is 0.818. The third kappa shape index (κ3) is 5.02. The largest absolute Gasteiger partial charge is 0.489 e. The summed E-state index contributed by atoms with van der Waals surface area (Å²) in [6.45, 7) is 5.91. The van der Waals surface area contributed by atoms with Crippen molar-refractivity contribution < 1.29 is 9.53 Å². The molecule has 1 atom stereocenters. The van der Waals surface area contributed by atoms with Gasteiger partial charge < -0.3 is 15.4 Å². The van der Waals surface area contributed by atoms with Gasteiger partial charge >= 0.3 is 0 Å². The smallest absolute Gasteiger partial charge is 0.278 e. The van der Waals surface area contributed by atoms with Crippen LogP contribution in [0.3, 0.4) is 0 Å². The first-order chi connectivity index (χ1) is 12.6. The molecule has 0 saturated carbocycles. The van der Waals surface area contributed by atoms with Crippen LogP contribution in [0.2, 0.25) is 0 Å². The Morgan fingerprint density at radius 2 is 2.04 bits per heavy atom. The molecular weight excluding hydrogens is 364 g/mol. The molecule has 1 fully saturated rings. The minimum Gasteiger partial charge on any atom is -0.489 e. The van der Waals surface area contributed by atoms with Crippen LogP contribution in [0.25, 0.3) is 5.69 Å². The number of hydrogen-bond donors (Lipinski definition) is 1. The fourth-order valence-electron chi connectivity index (χ4n) is 3.23. The highest BCUT2D eigenvalue weighted by Crippen LogP contribution is 2.25. The maximum atomic E-state index is 13.2. The van der Waals surface area contributed by atoms with Crippen LogP contribution in [0.15, 0.2) is 36.5 Å². The average Bonchev–Trinajstić information content (AvgIpc) is 3.10. The van der Waals surface area contributed by atoms with E-state index in [1.54, 1.807) is 10.9 Å². The number of benzene rings is 1. The lowest BCUT2D eigenvalue weighted by Crippen LogP contribution is -2.47. The van der Waals surface area contributed by atoms with Crippen molar-refractivity contribution in [2.45, 2.75) is 39.2 Å². The van der Waals surface area contributed by atoms with Crippen LogP contribution < -0.4 is 10.5 Å². The van der Waals surface area contributed by atoms with Gasteiger partial charge in [-0.25, -0.2) is 4.68 Å². The Hall–Kier alpha value is -2.05. The molecule has 0 radical (unpaired) electrons. The lowest BCUT2D eigenvalue weighted by molar-refractivity contribution is 0.0612. The van der Waals surface area contributed by atoms with E-state index in [1.807, 2.05) is 35.2 Å². The summed E-state index contributed by atoms with van der Waals surface area (Å²) in [6, 6.07) is 9.84. The predicted molar refractivity (Wildman–Crippen MR) is 109 cm³/mol. The van der Waals surface area contributed by atoms with E-state index in [1.165, 1.54) is 0 Å². The van der Waals surface area contributed by atoms with Crippen LogP contribution in [-0.4, -0.2) is 46.3 Å². The van der Waals surface area contributed by atoms with Gasteiger partial charge in [0.25, 0.3) is 5.91 Å². The molecule has 2 aromatic rings. The summed E-state index contributed by atoms with van der Waals surface area (Å²) in [7, 11) is 0. The molecule has 1 aromatic heterocycles. The molecule has 0 bridgehead atoms. The van der Waals surface area contributed by atoms with Gasteiger partial charge in [-0.15, -0.1) is 12.4 Å². The first-order valence-electron chi connectivity index (χ1n) is 9.39. The first-order valence-corrected chi connectivity index (χ1v) is 9.39. The number of nitrogens with zero attached hydrogens (tertiary/aromatic N) is 3. The minimum absolute atomic E-state index is 0. The second-order valence-electron chi connectivity index (χ2n) is 7.21. The summed E-state index contributed by atoms with van der Waals surface area (Å²) in [5, 5.41) is 4.56. The van der Waals surface area contributed by atoms with Crippen molar-refractivity contribution in [1.82, 2.24) is 14.7 Å². The van der Waals surface area contributed by atoms with Gasteiger partial charge in [-0.05, 0) is 37.3 Å². The van der Waals surface area contributed by atoms with Gasteiger partial charge in [-0.3, -0.25) is 4.79 Å². The number of para-hydroxylation sites is 1. The summed E-state index contributed by atoms with van der Waals surface area (Å²) in [4.78, 5) is 15.1. The molecule has 148 valence electrons. The highest BCUT2D eigenvalue weighted by Gasteiger charge is 2.30. The van der Waals surface area contributed by atoms with Crippen molar-refractivity contribution in [2.75, 3.05) is 19.7 Å². The Labute approximate surface area is 167 Å². The number of carbonyl (C=O) groups is 1. The molecular formula is C20H29ClN4O2. The number of piperidine rings is 1. The number of rotatable bonds is 6. The van der Waals surface area contributed by atoms with E-state index in [-0.39, 0.29) is 24.4 Å². The van der Waals surface area contributed by atoms with E-state index in [9.17, 15) is 4.79 Å². The van der Waals surface area contributed by atoms with Crippen LogP contribution in [-0.2, 0) is 0 Å². The number of ether oxygens (including phenoxy) is 1. The maximum absolute atomic E-state index is 13.2. The van der Waals surface area contributed by atoms with Crippen molar-refractivity contribution in [3.05, 3.63) is 42.2 Å². The van der Waals surface area contributed by atoms with Gasteiger partial charge in [-0.2, -0.15) is 5.10 Å². The zero-order valence-corrected chi connectivity index (χ0v) is 16.8. The molecule has 27 heavy (non-hydrogen) atoms. The van der Waals surface area contributed by atoms with Gasteiger partial charge in [-0.1, -0.05) is 32.0 Å². The number of amides is 1. The van der Waals surface area contributed by atoms with Crippen molar-refractivity contribution in [3.63, 3.8) is 0 Å². The SMILES string of the molecule is CC(C)COc1cn(-c2ccccc2)nc1C(=O)N1CCCCC1CN.Cl. The van der Waals surface area contributed by atoms with Gasteiger partial charge in [0.05, 0.1) is 18.5 Å². The highest BCUT2D eigenvalue weighted by molar-refractivity contribution is 5.95. The van der Waals surface area contributed by atoms with Crippen molar-refractivity contribution >= 4 is 18.3 Å². The third-order valence-corrected chi connectivity index (χ3v) is 4.64. The third-order valence-electron chi connectivity index (χ3n) is 4.64. The van der Waals surface area contributed by atoms with E-state index in [2.05, 4.69) is 18.9 Å². The lowest BCUT2D eigenvalue weighted by Gasteiger charge is -2.34. The van der Waals surface area contributed by atoms with E-state index >= 15 is 0 Å². The summed E-state index contributed by atoms with van der Waals surface area (Å²) in [5.74, 6) is 0.812. The summed E-state index contributed by atoms with van der Waals surface area (Å²) < 4.78 is 7.63. The highest BCUT2D eigenvalue weighted by atomic mass is 35.5. The minimum atomic E-state index is -0.0893. The molecule has 0 spiro atoms. The standard InChI is InChI=1S/C20H28N4O2.ClH/c1-15(2)14-26-18-13-24(16-8-4-3-5-9-16)22-19(18)20(25)23-11-7-6-10-17(23)12-21;/h3-5,8-9,13,15,17H,6-7,10-12,14,21H2,1-2H3;1H. The van der Waals surface area contributed by atoms with E-state index in [4.69, 9.17) is 10.5 Å². The summed E-state index contributed by atoms with van der Waals surface area (Å²) >= 11 is 0. The molecule has 1 amide bonds. The monoisotopic (exact) mass is 392 g/mol. The predicted octanol–water partition coefficient (Wildman–Crippen LogP) is 3.28. The Kier molecular flexibility index (Phi) is 7.68. The van der Waals surface area contributed by atoms with Gasteiger partial charge in [0.2, 0.25) is 0 Å². The second kappa shape index (κ2) is 9.76. The number of likely N-dealkylation sites (tertiary alicyclic amines) is 1. The molecule has 1 saturated heterocycles. The molecule has 1 aromatic carbocycles. The maximum Gasteiger partial charge on any atom is 0.278 e. The van der Waals surface area contributed by atoms with Crippen molar-refractivity contribution in [2.24, 2.45) is 11.7 Å². The molecule has 1 aliphatic rings. The Balaban J connectivity index is 0.00000261. The molecule has 7 heteroatoms. The molecule has 1 unspecified atom stereocenters. The number of carbonyl (C=O) groups excluding carboxylic acids is 1. The van der Waals surface area contributed by atoms with E-state index in [0.29, 0.717) is 30.5 Å². The zero-order chi connectivity index (χ0) is 18.5. The van der Waals surface area contributed by atoms with E-state index in [0.717, 1.165) is 31.5 Å². The number of hydrogen-bond acceptors (Lipinski definition) is 4. The van der Waals surface area contributed by atoms with Crippen molar-refractivity contribution in [3.8, 4) is 11.4 Å². The van der Waals surface area contributed by atoms with Gasteiger partial charge in [0.1, 0.15) is 0 Å². The van der Waals surface area contributed by atoms with E-state index < -0.39 is 0 Å². The van der Waals surface area contributed by atoms with Crippen LogP contribution in [0.5, 0.6) is 5.75 Å². The second-order valence-corrected chi connectivity index (χ2v) is 7.21. The fourth-order valence-corrected chi connectivity index (χ4v) is 3.23. The number of nitrogens with two attached hydrogens (primary N) is 1. The van der Waals surface area contributed by atoms with Crippen LogP contribution in [0.1, 0.15) is 43.6 Å². The van der Waals surface area contributed by atoms with Crippen molar-refractivity contribution in [1.29, 1.82) is 0 Å². The fraction of sp³-hybridized carbons (Fsp3) is 0.500. The molecule has 2 N–H and O–H groups in total. The van der Waals surface area contributed by atoms with Gasteiger partial charge in [0, 0.05) is 19.1 Å². The van der Waals surface area contributed by atoms with Crippen LogP contribution in [0.4, 0.5) is 0 Å². The molecule has 6 nitrogen and oxygen atoms in total. The Morgan fingerprint density at radius 1 is 1.30 bits per heavy atom. The molecule has 3 rings (SSSR count). The molecule has 1 aliphatic heterocycles. The first kappa shape index (κ1) is 21.3. The summed E-state index contributed by atoms with van der Waals surface area (Å²) in [5.41, 5.74) is 7.16. The average molecular weight is 393 g/mol. The lowest BCUT2D eigenvalue weighted by atomic mass is 10.0. The Morgan fingerprint density at radius 3 is 2.70 bits per heavy atom. The zero-order valence-electron chi connectivity index (χ0n) is 16.0. The molecule has 2 heterocycles. The molecule has 0 aliphatic carbocycles. The van der Waals surface area contributed by atoms with Gasteiger partial charge in [0.15, 0.2) is 11.4 Å². The number of aromatic nitrogens is 2. The number of halogens is 1. The van der Waals surface area contributed by atoms with Crippen LogP contribution in [0, 0.1) is 5.92 Å².